The number of fused-ring (bicyclic) bond motifs is 10. The molecule has 5 N–H and O–H groups in total. The molecule has 0 aliphatic heterocycles. The molecular formula is C51H81BrF2N6O4. The Hall–Kier alpha value is -2.38. The smallest absolute Gasteiger partial charge is 0.155 e. The largest absolute Gasteiger partial charge is 0.396 e. The van der Waals surface area contributed by atoms with E-state index in [1.54, 1.807) is 28.0 Å². The normalized spacial score (nSPS) is 45.2. The van der Waals surface area contributed by atoms with E-state index < -0.39 is 22.5 Å². The lowest BCUT2D eigenvalue weighted by molar-refractivity contribution is -0.165. The van der Waals surface area contributed by atoms with Gasteiger partial charge in [-0.05, 0) is 188 Å². The summed E-state index contributed by atoms with van der Waals surface area (Å²) in [4.78, 5) is 25.7. The van der Waals surface area contributed by atoms with Crippen molar-refractivity contribution in [2.24, 2.45) is 84.1 Å². The lowest BCUT2D eigenvalue weighted by atomic mass is 9.48. The van der Waals surface area contributed by atoms with Crippen molar-refractivity contribution in [2.45, 2.75) is 173 Å². The lowest BCUT2D eigenvalue weighted by Gasteiger charge is -2.59. The van der Waals surface area contributed by atoms with Crippen LogP contribution in [-0.2, 0) is 23.7 Å². The Morgan fingerprint density at radius 2 is 1.16 bits per heavy atom. The zero-order valence-corrected chi connectivity index (χ0v) is 40.5. The van der Waals surface area contributed by atoms with Crippen molar-refractivity contribution >= 4 is 38.9 Å². The number of anilines is 2. The third-order valence-corrected chi connectivity index (χ3v) is 20.0. The monoisotopic (exact) mass is 959 g/mol. The number of hydrogen-bond acceptors (Lipinski definition) is 8. The van der Waals surface area contributed by atoms with Crippen LogP contribution in [0.3, 0.4) is 0 Å². The van der Waals surface area contributed by atoms with Crippen LogP contribution in [0, 0.1) is 70.0 Å². The van der Waals surface area contributed by atoms with E-state index in [-0.39, 0.29) is 53.8 Å². The first-order valence-corrected chi connectivity index (χ1v) is 25.7. The van der Waals surface area contributed by atoms with Crippen LogP contribution < -0.4 is 11.1 Å². The highest BCUT2D eigenvalue weighted by Gasteiger charge is 2.65. The van der Waals surface area contributed by atoms with E-state index in [1.165, 1.54) is 0 Å². The van der Waals surface area contributed by atoms with Crippen molar-refractivity contribution in [3.63, 3.8) is 0 Å². The molecule has 8 saturated carbocycles. The van der Waals surface area contributed by atoms with Gasteiger partial charge in [0.25, 0.3) is 0 Å². The number of aliphatic hydroxyl groups is 2. The SMILES string of the molecule is C.C[C@@]1(O)CC[C@@]2(F)[C@H](CC[C@H]3[C@@H]4CC[C@H](C(=O)CBr)[C@@]4(C)CC[C@@H]32)C1.Cn1cc(N)cn1.Cn1cc(NCC(=O)[C@H]2CC[C@H]3[C@@H]4CC[C@@H]5C[C@](C)(O)CC[C@]5(F)[C@H]4CC[C@]23C)cn1. The topological polar surface area (TPSA) is 148 Å². The number of nitrogen functional groups attached to an aromatic ring is 1. The van der Waals surface area contributed by atoms with Gasteiger partial charge < -0.3 is 21.3 Å². The number of aryl methyl sites for hydroxylation is 2. The van der Waals surface area contributed by atoms with Crippen molar-refractivity contribution in [3.05, 3.63) is 24.8 Å². The Bertz CT molecular complexity index is 1960. The molecule has 0 spiro atoms. The maximum Gasteiger partial charge on any atom is 0.155 e. The molecule has 2 aromatic heterocycles. The third-order valence-electron chi connectivity index (χ3n) is 19.4. The summed E-state index contributed by atoms with van der Waals surface area (Å²) < 4.78 is 36.1. The number of carbonyl (C=O) groups is 2. The highest BCUT2D eigenvalue weighted by molar-refractivity contribution is 9.09. The minimum Gasteiger partial charge on any atom is -0.396 e. The Morgan fingerprint density at radius 3 is 1.56 bits per heavy atom. The molecule has 8 fully saturated rings. The molecule has 8 aliphatic carbocycles. The van der Waals surface area contributed by atoms with E-state index in [4.69, 9.17) is 5.73 Å². The van der Waals surface area contributed by atoms with Crippen LogP contribution >= 0.6 is 15.9 Å². The number of rotatable bonds is 6. The molecule has 8 aliphatic rings. The standard InChI is InChI=1S/C25H38FN3O2.C21H32BrFO2.C4H7N3.CH4/c1-23(31)10-11-25(26)16(12-23)4-5-18-19-6-7-21(24(19,2)9-8-20(18)25)22(30)14-27-17-13-28-29(3)15-17;1-19(25)9-10-21(23)13(11-19)3-4-14-15-5-6-17(18(24)12-22)20(15,2)8-7-16(14)21;1-7-3-4(5)2-6-7;/h13,15-16,18-21,27,31H,4-12,14H2,1-3H3;13-17,25H,3-12H2,1-2H3;2-3H,5H2,1H3;1H4/t16-,18+,19+,20+,21-,23-,24+,25-;13-,14+,15+,16+,17-,19-,20+,21-;;/m11../s1. The van der Waals surface area contributed by atoms with E-state index in [9.17, 15) is 19.8 Å². The summed E-state index contributed by atoms with van der Waals surface area (Å²) in [6.07, 6.45) is 22.2. The molecule has 10 nitrogen and oxygen atoms in total. The number of nitrogens with one attached hydrogen (secondary N) is 1. The first-order chi connectivity index (χ1) is 29.6. The summed E-state index contributed by atoms with van der Waals surface area (Å²) in [5.74, 6) is 2.98. The van der Waals surface area contributed by atoms with Crippen molar-refractivity contribution in [1.82, 2.24) is 19.6 Å². The van der Waals surface area contributed by atoms with Gasteiger partial charge in [-0.3, -0.25) is 19.0 Å². The fourth-order valence-corrected chi connectivity index (χ4v) is 16.8. The minimum absolute atomic E-state index is 0. The zero-order chi connectivity index (χ0) is 45.3. The molecule has 0 bridgehead atoms. The van der Waals surface area contributed by atoms with Gasteiger partial charge in [0.1, 0.15) is 17.1 Å². The average molecular weight is 960 g/mol. The fourth-order valence-electron chi connectivity index (χ4n) is 16.4. The number of carbonyl (C=O) groups excluding carboxylic acids is 2. The van der Waals surface area contributed by atoms with Crippen molar-refractivity contribution in [2.75, 3.05) is 22.9 Å². The second-order valence-corrected chi connectivity index (χ2v) is 23.7. The van der Waals surface area contributed by atoms with Crippen LogP contribution in [0.4, 0.5) is 20.2 Å². The van der Waals surface area contributed by atoms with E-state index in [0.717, 1.165) is 82.7 Å². The van der Waals surface area contributed by atoms with Crippen LogP contribution in [0.1, 0.15) is 151 Å². The number of aromatic nitrogens is 4. The van der Waals surface area contributed by atoms with Gasteiger partial charge in [-0.25, -0.2) is 8.78 Å². The van der Waals surface area contributed by atoms with Crippen molar-refractivity contribution in [3.8, 4) is 0 Å². The molecule has 2 aromatic rings. The Labute approximate surface area is 390 Å². The summed E-state index contributed by atoms with van der Waals surface area (Å²) >= 11 is 3.37. The highest BCUT2D eigenvalue weighted by Crippen LogP contribution is 2.68. The predicted molar refractivity (Wildman–Crippen MR) is 253 cm³/mol. The van der Waals surface area contributed by atoms with Crippen LogP contribution in [-0.4, -0.2) is 75.8 Å². The van der Waals surface area contributed by atoms with Crippen molar-refractivity contribution < 1.29 is 28.6 Å². The fraction of sp³-hybridized carbons (Fsp3) is 0.843. The predicted octanol–water partition coefficient (Wildman–Crippen LogP) is 10.2. The molecule has 10 rings (SSSR count). The molecule has 0 amide bonds. The first kappa shape index (κ1) is 49.5. The molecule has 360 valence electrons. The third kappa shape index (κ3) is 9.03. The quantitative estimate of drug-likeness (QED) is 0.209. The minimum atomic E-state index is -1.11. The summed E-state index contributed by atoms with van der Waals surface area (Å²) in [5, 5.41) is 32.6. The van der Waals surface area contributed by atoms with Crippen LogP contribution in [0.2, 0.25) is 0 Å². The maximum absolute atomic E-state index is 16.4. The number of alkyl halides is 3. The molecule has 64 heavy (non-hydrogen) atoms. The molecule has 0 saturated heterocycles. The van der Waals surface area contributed by atoms with Gasteiger partial charge in [-0.2, -0.15) is 10.2 Å². The van der Waals surface area contributed by atoms with Gasteiger partial charge in [0.15, 0.2) is 5.78 Å². The molecule has 13 heteroatoms. The number of Topliss-reactive ketones (excluding diaryl/α,β-unsaturated/α-hetero) is 2. The molecule has 2 heterocycles. The highest BCUT2D eigenvalue weighted by atomic mass is 79.9. The Kier molecular flexibility index (Phi) is 14.1. The molecule has 16 atom stereocenters. The summed E-state index contributed by atoms with van der Waals surface area (Å²) in [5.41, 5.74) is 3.38. The van der Waals surface area contributed by atoms with Crippen molar-refractivity contribution in [1.29, 1.82) is 0 Å². The van der Waals surface area contributed by atoms with E-state index in [0.29, 0.717) is 91.3 Å². The summed E-state index contributed by atoms with van der Waals surface area (Å²) in [7, 11) is 3.70. The van der Waals surface area contributed by atoms with Crippen LogP contribution in [0.5, 0.6) is 0 Å². The Balaban J connectivity index is 0.000000166. The maximum atomic E-state index is 16.4. The molecule has 0 radical (unpaired) electrons. The van der Waals surface area contributed by atoms with Gasteiger partial charge in [0.2, 0.25) is 0 Å². The first-order valence-electron chi connectivity index (χ1n) is 24.5. The van der Waals surface area contributed by atoms with Gasteiger partial charge in [-0.15, -0.1) is 0 Å². The molecule has 0 unspecified atom stereocenters. The van der Waals surface area contributed by atoms with Gasteiger partial charge >= 0.3 is 0 Å². The van der Waals surface area contributed by atoms with Crippen LogP contribution in [0.25, 0.3) is 0 Å². The van der Waals surface area contributed by atoms with E-state index >= 15 is 8.78 Å². The molecule has 0 aromatic carbocycles. The summed E-state index contributed by atoms with van der Waals surface area (Å²) in [6, 6.07) is 0. The zero-order valence-electron chi connectivity index (χ0n) is 38.9. The number of ketones is 2. The molecular weight excluding hydrogens is 878 g/mol. The number of halogens is 3. The Morgan fingerprint density at radius 1 is 0.688 bits per heavy atom. The van der Waals surface area contributed by atoms with Gasteiger partial charge in [0, 0.05) is 38.3 Å². The van der Waals surface area contributed by atoms with E-state index in [1.807, 2.05) is 34.1 Å². The second-order valence-electron chi connectivity index (χ2n) is 23.2. The van der Waals surface area contributed by atoms with Crippen LogP contribution in [0.15, 0.2) is 24.8 Å². The summed E-state index contributed by atoms with van der Waals surface area (Å²) in [6.45, 7) is 8.73. The number of nitrogens with zero attached hydrogens (tertiary/aromatic N) is 4. The van der Waals surface area contributed by atoms with Gasteiger partial charge in [0.05, 0.1) is 46.8 Å². The van der Waals surface area contributed by atoms with E-state index in [2.05, 4.69) is 45.3 Å². The lowest BCUT2D eigenvalue weighted by Crippen LogP contribution is -2.58. The average Bonchev–Trinajstić information content (AvgIpc) is 4.01. The number of nitrogens with two attached hydrogens (primary N) is 1. The van der Waals surface area contributed by atoms with Gasteiger partial charge in [-0.1, -0.05) is 37.2 Å². The number of hydrogen-bond donors (Lipinski definition) is 4. The second kappa shape index (κ2) is 18.3.